The third-order valence-electron chi connectivity index (χ3n) is 8.64. The second-order valence-corrected chi connectivity index (χ2v) is 11.6. The van der Waals surface area contributed by atoms with E-state index in [-0.39, 0.29) is 18.7 Å². The number of carbonyl (C=O) groups is 1. The number of alkyl halides is 6. The maximum absolute atomic E-state index is 13.7. The normalized spacial score (nSPS) is 21.3. The van der Waals surface area contributed by atoms with Crippen molar-refractivity contribution in [3.8, 4) is 0 Å². The van der Waals surface area contributed by atoms with Gasteiger partial charge in [0.05, 0.1) is 17.2 Å². The summed E-state index contributed by atoms with van der Waals surface area (Å²) in [5.41, 5.74) is -1.83. The van der Waals surface area contributed by atoms with Crippen LogP contribution in [0.2, 0.25) is 0 Å². The van der Waals surface area contributed by atoms with Crippen molar-refractivity contribution in [2.75, 3.05) is 39.3 Å². The van der Waals surface area contributed by atoms with Gasteiger partial charge in [-0.1, -0.05) is 60.7 Å². The topological polar surface area (TPSA) is 47.0 Å². The predicted molar refractivity (Wildman–Crippen MR) is 154 cm³/mol. The number of β-amino-alcohol motifs (C(OH)–C–C–N with tert-alkyl or cyclic N) is 1. The number of halogens is 6. The van der Waals surface area contributed by atoms with Crippen LogP contribution >= 0.6 is 0 Å². The van der Waals surface area contributed by atoms with Gasteiger partial charge in [0.15, 0.2) is 0 Å². The van der Waals surface area contributed by atoms with Crippen LogP contribution in [0.5, 0.6) is 0 Å². The third kappa shape index (κ3) is 7.80. The fraction of sp³-hybridized carbons (Fsp3) is 0.424. The SMILES string of the molecule is O=C(c1cc(C(F)(F)F)cc(C(F)(F)F)c1)N1CC[C@@H](N2CCN(CC(O)c3ccccc3)CC2)C[C@H]1Cc1ccccc1. The highest BCUT2D eigenvalue weighted by Gasteiger charge is 2.40. The minimum atomic E-state index is -5.04. The van der Waals surface area contributed by atoms with Crippen LogP contribution in [0.15, 0.2) is 78.9 Å². The Morgan fingerprint density at radius 1 is 0.795 bits per heavy atom. The van der Waals surface area contributed by atoms with E-state index in [4.69, 9.17) is 0 Å². The zero-order valence-electron chi connectivity index (χ0n) is 24.1. The van der Waals surface area contributed by atoms with Gasteiger partial charge < -0.3 is 10.0 Å². The molecule has 3 aromatic rings. The van der Waals surface area contributed by atoms with E-state index in [2.05, 4.69) is 9.80 Å². The van der Waals surface area contributed by atoms with Crippen LogP contribution in [0.4, 0.5) is 26.3 Å². The largest absolute Gasteiger partial charge is 0.416 e. The maximum atomic E-state index is 13.7. The molecule has 2 heterocycles. The molecule has 0 bridgehead atoms. The first-order valence-corrected chi connectivity index (χ1v) is 14.7. The lowest BCUT2D eigenvalue weighted by molar-refractivity contribution is -0.143. The lowest BCUT2D eigenvalue weighted by Gasteiger charge is -2.46. The highest BCUT2D eigenvalue weighted by atomic mass is 19.4. The van der Waals surface area contributed by atoms with E-state index in [1.807, 2.05) is 60.7 Å². The van der Waals surface area contributed by atoms with Crippen molar-refractivity contribution < 1.29 is 36.2 Å². The zero-order chi connectivity index (χ0) is 31.5. The van der Waals surface area contributed by atoms with E-state index >= 15 is 0 Å². The van der Waals surface area contributed by atoms with Gasteiger partial charge in [-0.3, -0.25) is 14.6 Å². The number of aliphatic hydroxyl groups is 1. The molecule has 0 aromatic heterocycles. The Hall–Kier alpha value is -3.41. The van der Waals surface area contributed by atoms with Crippen LogP contribution in [0.1, 0.15) is 51.6 Å². The molecule has 3 atom stereocenters. The molecule has 1 N–H and O–H groups in total. The molecule has 0 aliphatic carbocycles. The number of hydrogen-bond acceptors (Lipinski definition) is 4. The van der Waals surface area contributed by atoms with E-state index in [9.17, 15) is 36.2 Å². The van der Waals surface area contributed by atoms with Crippen molar-refractivity contribution >= 4 is 5.91 Å². The van der Waals surface area contributed by atoms with Crippen molar-refractivity contribution in [3.63, 3.8) is 0 Å². The van der Waals surface area contributed by atoms with Crippen molar-refractivity contribution in [1.29, 1.82) is 0 Å². The van der Waals surface area contributed by atoms with Crippen LogP contribution in [-0.2, 0) is 18.8 Å². The van der Waals surface area contributed by atoms with Gasteiger partial charge in [-0.15, -0.1) is 0 Å². The highest BCUT2D eigenvalue weighted by Crippen LogP contribution is 2.37. The molecule has 2 aliphatic heterocycles. The molecule has 1 amide bonds. The standard InChI is InChI=1S/C33H35F6N3O2/c34-32(35,36)26-18-25(19-27(20-26)33(37,38)39)31(44)42-12-11-28(21-29(42)17-23-7-3-1-4-8-23)41-15-13-40(14-16-41)22-30(43)24-9-5-2-6-10-24/h1-10,18-20,28-30,43H,11-17,21-22H2/t28-,29-,30?/m1/s1. The molecular formula is C33H35F6N3O2. The summed E-state index contributed by atoms with van der Waals surface area (Å²) in [5.74, 6) is -0.833. The van der Waals surface area contributed by atoms with Crippen molar-refractivity contribution in [3.05, 3.63) is 107 Å². The highest BCUT2D eigenvalue weighted by molar-refractivity contribution is 5.95. The number of rotatable bonds is 7. The summed E-state index contributed by atoms with van der Waals surface area (Å²) in [4.78, 5) is 19.7. The van der Waals surface area contributed by atoms with Crippen molar-refractivity contribution in [2.45, 2.75) is 49.8 Å². The van der Waals surface area contributed by atoms with Crippen LogP contribution in [0.3, 0.4) is 0 Å². The number of likely N-dealkylation sites (tertiary alicyclic amines) is 1. The van der Waals surface area contributed by atoms with E-state index in [0.29, 0.717) is 37.9 Å². The first kappa shape index (κ1) is 32.0. The minimum absolute atomic E-state index is 0.0446. The van der Waals surface area contributed by atoms with Crippen molar-refractivity contribution in [1.82, 2.24) is 14.7 Å². The number of benzene rings is 3. The fourth-order valence-corrected chi connectivity index (χ4v) is 6.29. The molecule has 236 valence electrons. The van der Waals surface area contributed by atoms with Crippen molar-refractivity contribution in [2.24, 2.45) is 0 Å². The molecule has 1 unspecified atom stereocenters. The van der Waals surface area contributed by atoms with Gasteiger partial charge in [0.1, 0.15) is 0 Å². The Bertz CT molecular complexity index is 1360. The van der Waals surface area contributed by atoms with Gasteiger partial charge in [-0.05, 0) is 48.6 Å². The molecule has 3 aromatic carbocycles. The molecule has 0 radical (unpaired) electrons. The van der Waals surface area contributed by atoms with Crippen LogP contribution in [-0.4, -0.2) is 77.1 Å². The number of nitrogens with zero attached hydrogens (tertiary/aromatic N) is 3. The number of piperidine rings is 1. The summed E-state index contributed by atoms with van der Waals surface area (Å²) >= 11 is 0. The van der Waals surface area contributed by atoms with Gasteiger partial charge in [-0.2, -0.15) is 26.3 Å². The monoisotopic (exact) mass is 619 g/mol. The van der Waals surface area contributed by atoms with E-state index < -0.39 is 47.1 Å². The van der Waals surface area contributed by atoms with Gasteiger partial charge in [0.25, 0.3) is 5.91 Å². The van der Waals surface area contributed by atoms with Crippen LogP contribution < -0.4 is 0 Å². The third-order valence-corrected chi connectivity index (χ3v) is 8.64. The summed E-state index contributed by atoms with van der Waals surface area (Å²) in [5, 5.41) is 10.6. The summed E-state index contributed by atoms with van der Waals surface area (Å²) in [6.45, 7) is 3.72. The second kappa shape index (κ2) is 13.3. The number of amides is 1. The van der Waals surface area contributed by atoms with Gasteiger partial charge >= 0.3 is 12.4 Å². The van der Waals surface area contributed by atoms with E-state index in [1.165, 1.54) is 4.90 Å². The van der Waals surface area contributed by atoms with E-state index in [1.54, 1.807) is 0 Å². The Balaban J connectivity index is 1.31. The second-order valence-electron chi connectivity index (χ2n) is 11.6. The van der Waals surface area contributed by atoms with Crippen LogP contribution in [0, 0.1) is 0 Å². The number of carbonyl (C=O) groups excluding carboxylic acids is 1. The average Bonchev–Trinajstić information content (AvgIpc) is 3.01. The summed E-state index contributed by atoms with van der Waals surface area (Å²) in [6, 6.07) is 19.6. The average molecular weight is 620 g/mol. The van der Waals surface area contributed by atoms with Crippen LogP contribution in [0.25, 0.3) is 0 Å². The molecule has 2 saturated heterocycles. The zero-order valence-corrected chi connectivity index (χ0v) is 24.1. The molecule has 2 fully saturated rings. The number of aliphatic hydroxyl groups excluding tert-OH is 1. The Morgan fingerprint density at radius 3 is 1.93 bits per heavy atom. The quantitative estimate of drug-likeness (QED) is 0.316. The molecule has 2 aliphatic rings. The molecule has 11 heteroatoms. The Morgan fingerprint density at radius 2 is 1.36 bits per heavy atom. The Labute approximate surface area is 252 Å². The lowest BCUT2D eigenvalue weighted by Crippen LogP contribution is -2.57. The molecule has 0 saturated carbocycles. The summed E-state index contributed by atoms with van der Waals surface area (Å²) in [6.07, 6.45) is -9.15. The molecule has 5 rings (SSSR count). The molecule has 5 nitrogen and oxygen atoms in total. The van der Waals surface area contributed by atoms with Gasteiger partial charge in [0.2, 0.25) is 0 Å². The first-order valence-electron chi connectivity index (χ1n) is 14.7. The number of hydrogen-bond donors (Lipinski definition) is 1. The molecule has 44 heavy (non-hydrogen) atoms. The predicted octanol–water partition coefficient (Wildman–Crippen LogP) is 6.29. The summed E-state index contributed by atoms with van der Waals surface area (Å²) in [7, 11) is 0. The maximum Gasteiger partial charge on any atom is 0.416 e. The summed E-state index contributed by atoms with van der Waals surface area (Å²) < 4.78 is 81.2. The van der Waals surface area contributed by atoms with Gasteiger partial charge in [0, 0.05) is 56.9 Å². The minimum Gasteiger partial charge on any atom is -0.387 e. The van der Waals surface area contributed by atoms with E-state index in [0.717, 1.165) is 37.3 Å². The Kier molecular flexibility index (Phi) is 9.67. The fourth-order valence-electron chi connectivity index (χ4n) is 6.29. The van der Waals surface area contributed by atoms with Gasteiger partial charge in [-0.25, -0.2) is 0 Å². The molecule has 0 spiro atoms. The molecular weight excluding hydrogens is 584 g/mol. The smallest absolute Gasteiger partial charge is 0.387 e. The first-order chi connectivity index (χ1) is 20.9. The number of piperazine rings is 1. The lowest BCUT2D eigenvalue weighted by atomic mass is 9.90.